The lowest BCUT2D eigenvalue weighted by molar-refractivity contribution is 0.466. The Morgan fingerprint density at radius 3 is 2.86 bits per heavy atom. The third-order valence-corrected chi connectivity index (χ3v) is 5.61. The molecule has 1 aromatic carbocycles. The highest BCUT2D eigenvalue weighted by molar-refractivity contribution is 8.00. The number of thioether (sulfide) groups is 1. The molecule has 5 nitrogen and oxygen atoms in total. The van der Waals surface area contributed by atoms with Crippen molar-refractivity contribution in [3.63, 3.8) is 0 Å². The third kappa shape index (κ3) is 2.99. The van der Waals surface area contributed by atoms with Crippen LogP contribution >= 0.6 is 35.3 Å². The molecule has 0 aliphatic heterocycles. The molecule has 2 heterocycles. The molecule has 8 heteroatoms. The predicted octanol–water partition coefficient (Wildman–Crippen LogP) is 4.22. The summed E-state index contributed by atoms with van der Waals surface area (Å²) in [4.78, 5) is 0. The minimum absolute atomic E-state index is 0.491. The molecule has 22 heavy (non-hydrogen) atoms. The largest absolute Gasteiger partial charge is 0.424 e. The van der Waals surface area contributed by atoms with Crippen LogP contribution in [0.4, 0.5) is 0 Å². The maximum absolute atomic E-state index is 5.65. The fourth-order valence-electron chi connectivity index (χ4n) is 2.00. The number of hydrogen-bond donors (Lipinski definition) is 0. The Bertz CT molecular complexity index is 835. The Kier molecular flexibility index (Phi) is 3.81. The van der Waals surface area contributed by atoms with Crippen molar-refractivity contribution in [1.29, 1.82) is 0 Å². The minimum Gasteiger partial charge on any atom is -0.424 e. The van der Waals surface area contributed by atoms with E-state index in [4.69, 9.17) is 16.6 Å². The first-order chi connectivity index (χ1) is 10.8. The van der Waals surface area contributed by atoms with Crippen molar-refractivity contribution in [2.45, 2.75) is 28.9 Å². The van der Waals surface area contributed by atoms with E-state index >= 15 is 0 Å². The van der Waals surface area contributed by atoms with Crippen LogP contribution in [0.5, 0.6) is 0 Å². The zero-order valence-electron chi connectivity index (χ0n) is 11.5. The van der Waals surface area contributed by atoms with Gasteiger partial charge in [-0.1, -0.05) is 41.3 Å². The zero-order valence-corrected chi connectivity index (χ0v) is 14.0. The molecule has 0 radical (unpaired) electrons. The van der Waals surface area contributed by atoms with Crippen molar-refractivity contribution in [3.05, 3.63) is 46.1 Å². The highest BCUT2D eigenvalue weighted by Gasteiger charge is 2.29. The lowest BCUT2D eigenvalue weighted by Crippen LogP contribution is -1.95. The third-order valence-electron chi connectivity index (χ3n) is 3.26. The van der Waals surface area contributed by atoms with Crippen molar-refractivity contribution in [1.82, 2.24) is 20.0 Å². The second-order valence-corrected chi connectivity index (χ2v) is 7.82. The summed E-state index contributed by atoms with van der Waals surface area (Å²) in [6, 6.07) is 9.90. The van der Waals surface area contributed by atoms with E-state index in [1.807, 2.05) is 30.3 Å². The first-order valence-electron chi connectivity index (χ1n) is 6.90. The average Bonchev–Trinajstić information content (AvgIpc) is 3.17. The number of para-hydroxylation sites is 1. The monoisotopic (exact) mass is 348 g/mol. The Hall–Kier alpha value is -1.51. The van der Waals surface area contributed by atoms with E-state index in [2.05, 4.69) is 15.3 Å². The number of hydrogen-bond acceptors (Lipinski definition) is 7. The predicted molar refractivity (Wildman–Crippen MR) is 88.1 cm³/mol. The first kappa shape index (κ1) is 14.1. The molecule has 4 rings (SSSR count). The van der Waals surface area contributed by atoms with E-state index in [0.29, 0.717) is 17.6 Å². The lowest BCUT2D eigenvalue weighted by atomic mass is 10.3. The molecule has 0 unspecified atom stereocenters. The van der Waals surface area contributed by atoms with E-state index < -0.39 is 0 Å². The van der Waals surface area contributed by atoms with Gasteiger partial charge in [0.05, 0.1) is 11.4 Å². The van der Waals surface area contributed by atoms with Crippen molar-refractivity contribution in [3.8, 4) is 5.69 Å². The smallest absolute Gasteiger partial charge is 0.226 e. The molecule has 2 aromatic heterocycles. The van der Waals surface area contributed by atoms with Crippen LogP contribution in [0, 0.1) is 3.95 Å². The summed E-state index contributed by atoms with van der Waals surface area (Å²) in [5.41, 5.74) is 0.976. The van der Waals surface area contributed by atoms with Crippen molar-refractivity contribution in [2.24, 2.45) is 0 Å². The summed E-state index contributed by atoms with van der Waals surface area (Å²) in [5, 5.41) is 12.7. The molecular weight excluding hydrogens is 336 g/mol. The molecule has 1 aliphatic rings. The molecule has 0 amide bonds. The molecule has 0 atom stereocenters. The van der Waals surface area contributed by atoms with Gasteiger partial charge in [-0.15, -0.1) is 15.3 Å². The Morgan fingerprint density at radius 1 is 1.27 bits per heavy atom. The molecule has 1 fully saturated rings. The number of rotatable bonds is 5. The van der Waals surface area contributed by atoms with E-state index in [1.165, 1.54) is 11.3 Å². The van der Waals surface area contributed by atoms with Gasteiger partial charge in [0.15, 0.2) is 8.29 Å². The average molecular weight is 348 g/mol. The van der Waals surface area contributed by atoms with Crippen LogP contribution < -0.4 is 0 Å². The standard InChI is InChI=1S/C14H12N4OS3/c20-14-18(10-4-2-1-3-5-10)17-13(22-14)21-8-11-15-16-12(19-11)9-6-7-9/h1-5,9H,6-8H2. The normalized spacial score (nSPS) is 14.4. The summed E-state index contributed by atoms with van der Waals surface area (Å²) in [6.07, 6.45) is 2.33. The van der Waals surface area contributed by atoms with Crippen LogP contribution in [-0.2, 0) is 5.75 Å². The fourth-order valence-corrected chi connectivity index (χ4v) is 4.19. The molecule has 112 valence electrons. The SMILES string of the molecule is S=c1sc(SCc2nnc(C3CC3)o2)nn1-c1ccccc1. The summed E-state index contributed by atoms with van der Waals surface area (Å²) < 4.78 is 9.07. The van der Waals surface area contributed by atoms with Gasteiger partial charge >= 0.3 is 0 Å². The molecule has 0 saturated heterocycles. The van der Waals surface area contributed by atoms with Crippen LogP contribution in [0.15, 0.2) is 39.1 Å². The summed E-state index contributed by atoms with van der Waals surface area (Å²) in [6.45, 7) is 0. The molecular formula is C14H12N4OS3. The van der Waals surface area contributed by atoms with Gasteiger partial charge in [0, 0.05) is 5.92 Å². The molecule has 1 aliphatic carbocycles. The molecule has 0 N–H and O–H groups in total. The second kappa shape index (κ2) is 5.94. The topological polar surface area (TPSA) is 56.7 Å². The van der Waals surface area contributed by atoms with Gasteiger partial charge in [-0.05, 0) is 37.2 Å². The molecule has 1 saturated carbocycles. The van der Waals surface area contributed by atoms with Gasteiger partial charge < -0.3 is 4.42 Å². The van der Waals surface area contributed by atoms with Crippen LogP contribution in [0.2, 0.25) is 0 Å². The Labute approximate surface area is 140 Å². The Balaban J connectivity index is 1.48. The maximum Gasteiger partial charge on any atom is 0.226 e. The van der Waals surface area contributed by atoms with Crippen molar-refractivity contribution < 1.29 is 4.42 Å². The lowest BCUT2D eigenvalue weighted by Gasteiger charge is -1.98. The van der Waals surface area contributed by atoms with E-state index in [9.17, 15) is 0 Å². The number of aromatic nitrogens is 4. The van der Waals surface area contributed by atoms with E-state index in [1.54, 1.807) is 16.4 Å². The second-order valence-electron chi connectivity index (χ2n) is 4.98. The van der Waals surface area contributed by atoms with E-state index in [-0.39, 0.29) is 0 Å². The first-order valence-corrected chi connectivity index (χ1v) is 9.11. The summed E-state index contributed by atoms with van der Waals surface area (Å²) in [7, 11) is 0. The summed E-state index contributed by atoms with van der Waals surface area (Å²) in [5.74, 6) is 2.54. The molecule has 0 bridgehead atoms. The van der Waals surface area contributed by atoms with Gasteiger partial charge in [-0.2, -0.15) is 0 Å². The van der Waals surface area contributed by atoms with Gasteiger partial charge in [0.2, 0.25) is 11.8 Å². The molecule has 0 spiro atoms. The van der Waals surface area contributed by atoms with Gasteiger partial charge in [-0.25, -0.2) is 4.68 Å². The fraction of sp³-hybridized carbons (Fsp3) is 0.286. The number of benzene rings is 1. The van der Waals surface area contributed by atoms with Crippen LogP contribution in [0.25, 0.3) is 5.69 Å². The maximum atomic E-state index is 5.65. The minimum atomic E-state index is 0.491. The van der Waals surface area contributed by atoms with Crippen molar-refractivity contribution >= 4 is 35.3 Å². The number of nitrogens with zero attached hydrogens (tertiary/aromatic N) is 4. The highest BCUT2D eigenvalue weighted by atomic mass is 32.2. The highest BCUT2D eigenvalue weighted by Crippen LogP contribution is 2.39. The summed E-state index contributed by atoms with van der Waals surface area (Å²) >= 11 is 8.45. The molecule has 3 aromatic rings. The zero-order chi connectivity index (χ0) is 14.9. The van der Waals surface area contributed by atoms with Gasteiger partial charge in [0.25, 0.3) is 0 Å². The van der Waals surface area contributed by atoms with Crippen molar-refractivity contribution in [2.75, 3.05) is 0 Å². The quantitative estimate of drug-likeness (QED) is 0.508. The van der Waals surface area contributed by atoms with Crippen LogP contribution in [0.1, 0.15) is 30.5 Å². The van der Waals surface area contributed by atoms with E-state index in [0.717, 1.165) is 32.7 Å². The Morgan fingerprint density at radius 2 is 2.09 bits per heavy atom. The van der Waals surface area contributed by atoms with Crippen LogP contribution in [0.3, 0.4) is 0 Å². The van der Waals surface area contributed by atoms with Gasteiger partial charge in [-0.3, -0.25) is 0 Å². The van der Waals surface area contributed by atoms with Crippen LogP contribution in [-0.4, -0.2) is 20.0 Å². The van der Waals surface area contributed by atoms with Gasteiger partial charge in [0.1, 0.15) is 0 Å².